The number of rotatable bonds is 1. The van der Waals surface area contributed by atoms with Crippen LogP contribution in [-0.4, -0.2) is 36.5 Å². The van der Waals surface area contributed by atoms with Crippen molar-refractivity contribution in [3.63, 3.8) is 0 Å². The van der Waals surface area contributed by atoms with E-state index in [1.165, 1.54) is 12.8 Å². The van der Waals surface area contributed by atoms with Crippen LogP contribution in [0.1, 0.15) is 23.2 Å². The number of hydrogen-bond acceptors (Lipinski definition) is 2. The summed E-state index contributed by atoms with van der Waals surface area (Å²) in [5, 5.41) is 4.48. The minimum absolute atomic E-state index is 0.0119. The maximum absolute atomic E-state index is 12.5. The third-order valence-electron chi connectivity index (χ3n) is 4.05. The molecule has 0 aromatic heterocycles. The highest BCUT2D eigenvalue weighted by Crippen LogP contribution is 2.28. The van der Waals surface area contributed by atoms with Crippen molar-refractivity contribution in [3.05, 3.63) is 33.8 Å². The van der Waals surface area contributed by atoms with Crippen molar-refractivity contribution in [2.45, 2.75) is 18.9 Å². The number of carbonyl (C=O) groups excluding carboxylic acids is 1. The summed E-state index contributed by atoms with van der Waals surface area (Å²) in [6, 6.07) is 5.49. The molecule has 1 amide bonds. The number of fused-ring (bicyclic) bond motifs is 1. The molecule has 0 bridgehead atoms. The summed E-state index contributed by atoms with van der Waals surface area (Å²) in [7, 11) is 0. The fourth-order valence-electron chi connectivity index (χ4n) is 3.05. The van der Waals surface area contributed by atoms with Crippen LogP contribution >= 0.6 is 23.2 Å². The van der Waals surface area contributed by atoms with Crippen LogP contribution in [0.2, 0.25) is 10.0 Å². The van der Waals surface area contributed by atoms with E-state index in [9.17, 15) is 4.79 Å². The van der Waals surface area contributed by atoms with Gasteiger partial charge in [0.1, 0.15) is 0 Å². The van der Waals surface area contributed by atoms with E-state index in [0.29, 0.717) is 27.6 Å². The first-order chi connectivity index (χ1) is 9.15. The molecule has 5 heteroatoms. The zero-order chi connectivity index (χ0) is 13.4. The summed E-state index contributed by atoms with van der Waals surface area (Å²) in [6.07, 6.45) is 2.40. The van der Waals surface area contributed by atoms with Crippen LogP contribution in [0.15, 0.2) is 18.2 Å². The van der Waals surface area contributed by atoms with Gasteiger partial charge >= 0.3 is 0 Å². The lowest BCUT2D eigenvalue weighted by Gasteiger charge is -2.24. The van der Waals surface area contributed by atoms with Crippen molar-refractivity contribution < 1.29 is 4.79 Å². The zero-order valence-electron chi connectivity index (χ0n) is 10.5. The van der Waals surface area contributed by atoms with E-state index in [-0.39, 0.29) is 5.91 Å². The molecule has 1 N–H and O–H groups in total. The van der Waals surface area contributed by atoms with Crippen molar-refractivity contribution in [2.24, 2.45) is 5.92 Å². The van der Waals surface area contributed by atoms with Crippen molar-refractivity contribution in [2.75, 3.05) is 19.6 Å². The van der Waals surface area contributed by atoms with Gasteiger partial charge in [-0.3, -0.25) is 4.79 Å². The predicted octanol–water partition coefficient (Wildman–Crippen LogP) is 2.82. The van der Waals surface area contributed by atoms with E-state index in [2.05, 4.69) is 5.32 Å². The third kappa shape index (κ3) is 2.60. The average Bonchev–Trinajstić information content (AvgIpc) is 2.81. The minimum atomic E-state index is 0.0119. The number of halogens is 2. The number of carbonyl (C=O) groups is 1. The summed E-state index contributed by atoms with van der Waals surface area (Å²) in [5.74, 6) is 0.599. The Bertz CT molecular complexity index is 492. The van der Waals surface area contributed by atoms with Crippen molar-refractivity contribution >= 4 is 29.1 Å². The molecule has 3 rings (SSSR count). The monoisotopic (exact) mass is 298 g/mol. The molecule has 2 fully saturated rings. The second-order valence-electron chi connectivity index (χ2n) is 5.30. The number of piperidine rings is 1. The Hall–Kier alpha value is -0.770. The number of nitrogens with one attached hydrogen (secondary N) is 1. The van der Waals surface area contributed by atoms with Crippen molar-refractivity contribution in [1.29, 1.82) is 0 Å². The van der Waals surface area contributed by atoms with Crippen LogP contribution in [0.4, 0.5) is 0 Å². The fraction of sp³-hybridized carbons (Fsp3) is 0.500. The van der Waals surface area contributed by atoms with Gasteiger partial charge in [-0.15, -0.1) is 0 Å². The second kappa shape index (κ2) is 5.31. The van der Waals surface area contributed by atoms with Gasteiger partial charge in [0.15, 0.2) is 0 Å². The van der Waals surface area contributed by atoms with Gasteiger partial charge in [-0.25, -0.2) is 0 Å². The van der Waals surface area contributed by atoms with E-state index in [4.69, 9.17) is 23.2 Å². The van der Waals surface area contributed by atoms with Crippen LogP contribution in [-0.2, 0) is 0 Å². The van der Waals surface area contributed by atoms with Gasteiger partial charge in [0.2, 0.25) is 0 Å². The van der Waals surface area contributed by atoms with Crippen LogP contribution in [0.5, 0.6) is 0 Å². The highest BCUT2D eigenvalue weighted by Gasteiger charge is 2.36. The molecule has 0 aliphatic carbocycles. The first-order valence-electron chi connectivity index (χ1n) is 6.63. The Kier molecular flexibility index (Phi) is 3.70. The topological polar surface area (TPSA) is 32.3 Å². The summed E-state index contributed by atoms with van der Waals surface area (Å²) in [5.41, 5.74) is 0.546. The maximum Gasteiger partial charge on any atom is 0.255 e. The van der Waals surface area contributed by atoms with E-state index < -0.39 is 0 Å². The highest BCUT2D eigenvalue weighted by molar-refractivity contribution is 6.36. The lowest BCUT2D eigenvalue weighted by Crippen LogP contribution is -2.41. The quantitative estimate of drug-likeness (QED) is 0.865. The molecule has 0 spiro atoms. The molecule has 2 aliphatic rings. The molecule has 102 valence electrons. The van der Waals surface area contributed by atoms with Crippen LogP contribution in [0, 0.1) is 5.92 Å². The number of benzene rings is 1. The standard InChI is InChI=1S/C14H16Cl2N2O/c15-10-3-4-11(12(16)6-10)14(19)18-7-9-2-1-5-17-13(9)8-18/h3-4,6,9,13,17H,1-2,5,7-8H2. The van der Waals surface area contributed by atoms with Gasteiger partial charge in [0, 0.05) is 24.2 Å². The molecule has 2 atom stereocenters. The molecule has 1 aromatic carbocycles. The number of likely N-dealkylation sites (tertiary alicyclic amines) is 1. The Balaban J connectivity index is 1.77. The molecular formula is C14H16Cl2N2O. The first-order valence-corrected chi connectivity index (χ1v) is 7.38. The lowest BCUT2D eigenvalue weighted by molar-refractivity contribution is 0.0786. The molecule has 0 saturated carbocycles. The smallest absolute Gasteiger partial charge is 0.255 e. The van der Waals surface area contributed by atoms with Gasteiger partial charge in [0.25, 0.3) is 5.91 Å². The fourth-order valence-corrected chi connectivity index (χ4v) is 3.54. The summed E-state index contributed by atoms with van der Waals surface area (Å²) >= 11 is 12.0. The highest BCUT2D eigenvalue weighted by atomic mass is 35.5. The van der Waals surface area contributed by atoms with Gasteiger partial charge in [-0.2, -0.15) is 0 Å². The van der Waals surface area contributed by atoms with E-state index in [0.717, 1.165) is 19.6 Å². The SMILES string of the molecule is O=C(c1ccc(Cl)cc1Cl)N1CC2CCCNC2C1. The lowest BCUT2D eigenvalue weighted by atomic mass is 9.94. The Morgan fingerprint density at radius 2 is 2.16 bits per heavy atom. The van der Waals surface area contributed by atoms with E-state index in [1.54, 1.807) is 18.2 Å². The van der Waals surface area contributed by atoms with Crippen molar-refractivity contribution in [3.8, 4) is 0 Å². The average molecular weight is 299 g/mol. The zero-order valence-corrected chi connectivity index (χ0v) is 12.0. The summed E-state index contributed by atoms with van der Waals surface area (Å²) < 4.78 is 0. The normalized spacial score (nSPS) is 26.3. The van der Waals surface area contributed by atoms with Crippen LogP contribution < -0.4 is 5.32 Å². The summed E-state index contributed by atoms with van der Waals surface area (Å²) in [4.78, 5) is 14.4. The third-order valence-corrected chi connectivity index (χ3v) is 4.60. The number of nitrogens with zero attached hydrogens (tertiary/aromatic N) is 1. The van der Waals surface area contributed by atoms with Crippen molar-refractivity contribution in [1.82, 2.24) is 10.2 Å². The van der Waals surface area contributed by atoms with Gasteiger partial charge in [-0.05, 0) is 43.5 Å². The van der Waals surface area contributed by atoms with Crippen LogP contribution in [0.25, 0.3) is 0 Å². The molecule has 0 radical (unpaired) electrons. The molecule has 2 aliphatic heterocycles. The molecular weight excluding hydrogens is 283 g/mol. The molecule has 19 heavy (non-hydrogen) atoms. The van der Waals surface area contributed by atoms with Gasteiger partial charge in [0.05, 0.1) is 10.6 Å². The molecule has 2 saturated heterocycles. The Labute approximate surface area is 122 Å². The van der Waals surface area contributed by atoms with Gasteiger partial charge in [-0.1, -0.05) is 23.2 Å². The van der Waals surface area contributed by atoms with Crippen LogP contribution in [0.3, 0.4) is 0 Å². The number of hydrogen-bond donors (Lipinski definition) is 1. The molecule has 2 unspecified atom stereocenters. The Morgan fingerprint density at radius 3 is 2.89 bits per heavy atom. The maximum atomic E-state index is 12.5. The molecule has 2 heterocycles. The largest absolute Gasteiger partial charge is 0.337 e. The second-order valence-corrected chi connectivity index (χ2v) is 6.14. The van der Waals surface area contributed by atoms with E-state index in [1.807, 2.05) is 4.90 Å². The predicted molar refractivity (Wildman–Crippen MR) is 76.9 cm³/mol. The molecule has 1 aromatic rings. The van der Waals surface area contributed by atoms with Gasteiger partial charge < -0.3 is 10.2 Å². The first kappa shape index (κ1) is 13.2. The number of amides is 1. The summed E-state index contributed by atoms with van der Waals surface area (Å²) in [6.45, 7) is 2.67. The minimum Gasteiger partial charge on any atom is -0.337 e. The van der Waals surface area contributed by atoms with E-state index >= 15 is 0 Å². The Morgan fingerprint density at radius 1 is 1.32 bits per heavy atom. The molecule has 3 nitrogen and oxygen atoms in total.